The van der Waals surface area contributed by atoms with Crippen molar-refractivity contribution < 1.29 is 27.4 Å². The predicted octanol–water partition coefficient (Wildman–Crippen LogP) is 2.44. The SMILES string of the molecule is CCOCCCNC(=O)CN(c1ccc(OC)c(OC)c1)S(=O)(=O)c1ccccc1. The molecule has 0 saturated heterocycles. The third-order valence-corrected chi connectivity index (χ3v) is 6.05. The molecule has 164 valence electrons. The average molecular weight is 437 g/mol. The van der Waals surface area contributed by atoms with E-state index >= 15 is 0 Å². The zero-order chi connectivity index (χ0) is 22.0. The minimum atomic E-state index is -3.98. The Balaban J connectivity index is 2.31. The maximum atomic E-state index is 13.3. The summed E-state index contributed by atoms with van der Waals surface area (Å²) in [6.45, 7) is 3.05. The van der Waals surface area contributed by atoms with E-state index in [4.69, 9.17) is 14.2 Å². The van der Waals surface area contributed by atoms with Crippen LogP contribution < -0.4 is 19.1 Å². The molecule has 2 rings (SSSR count). The summed E-state index contributed by atoms with van der Waals surface area (Å²) >= 11 is 0. The fraction of sp³-hybridized carbons (Fsp3) is 0.381. The van der Waals surface area contributed by atoms with Crippen molar-refractivity contribution in [3.05, 3.63) is 48.5 Å². The number of carbonyl (C=O) groups excluding carboxylic acids is 1. The zero-order valence-corrected chi connectivity index (χ0v) is 18.3. The van der Waals surface area contributed by atoms with Crippen molar-refractivity contribution >= 4 is 21.6 Å². The molecular weight excluding hydrogens is 408 g/mol. The molecule has 0 fully saturated rings. The number of sulfonamides is 1. The lowest BCUT2D eigenvalue weighted by atomic mass is 10.2. The summed E-state index contributed by atoms with van der Waals surface area (Å²) in [6, 6.07) is 12.7. The average Bonchev–Trinajstić information content (AvgIpc) is 2.77. The highest BCUT2D eigenvalue weighted by atomic mass is 32.2. The Labute approximate surface area is 177 Å². The Kier molecular flexibility index (Phi) is 8.94. The van der Waals surface area contributed by atoms with Gasteiger partial charge in [-0.2, -0.15) is 0 Å². The number of anilines is 1. The van der Waals surface area contributed by atoms with Gasteiger partial charge in [-0.1, -0.05) is 18.2 Å². The molecule has 0 spiro atoms. The van der Waals surface area contributed by atoms with Gasteiger partial charge < -0.3 is 19.5 Å². The third-order valence-electron chi connectivity index (χ3n) is 4.27. The van der Waals surface area contributed by atoms with Gasteiger partial charge in [0.15, 0.2) is 11.5 Å². The van der Waals surface area contributed by atoms with E-state index < -0.39 is 15.9 Å². The van der Waals surface area contributed by atoms with Crippen molar-refractivity contribution in [1.82, 2.24) is 5.32 Å². The topological polar surface area (TPSA) is 94.2 Å². The first kappa shape index (κ1) is 23.5. The summed E-state index contributed by atoms with van der Waals surface area (Å²) in [5.41, 5.74) is 0.293. The Bertz CT molecular complexity index is 918. The number of hydrogen-bond acceptors (Lipinski definition) is 6. The van der Waals surface area contributed by atoms with Crippen molar-refractivity contribution in [2.45, 2.75) is 18.2 Å². The molecule has 8 nitrogen and oxygen atoms in total. The van der Waals surface area contributed by atoms with E-state index in [0.717, 1.165) is 4.31 Å². The van der Waals surface area contributed by atoms with Gasteiger partial charge in [0, 0.05) is 25.8 Å². The van der Waals surface area contributed by atoms with Crippen LogP contribution in [0.2, 0.25) is 0 Å². The smallest absolute Gasteiger partial charge is 0.264 e. The number of nitrogens with one attached hydrogen (secondary N) is 1. The van der Waals surface area contributed by atoms with Crippen LogP contribution in [0.15, 0.2) is 53.4 Å². The molecule has 0 aliphatic carbocycles. The van der Waals surface area contributed by atoms with E-state index in [1.165, 1.54) is 32.4 Å². The fourth-order valence-electron chi connectivity index (χ4n) is 2.75. The van der Waals surface area contributed by atoms with Crippen LogP contribution in [-0.4, -0.2) is 54.8 Å². The van der Waals surface area contributed by atoms with Crippen LogP contribution in [0.1, 0.15) is 13.3 Å². The van der Waals surface area contributed by atoms with Gasteiger partial charge in [0.25, 0.3) is 10.0 Å². The molecule has 1 N–H and O–H groups in total. The molecule has 30 heavy (non-hydrogen) atoms. The van der Waals surface area contributed by atoms with Crippen LogP contribution in [0, 0.1) is 0 Å². The number of amides is 1. The predicted molar refractivity (Wildman–Crippen MR) is 115 cm³/mol. The highest BCUT2D eigenvalue weighted by Crippen LogP contribution is 2.33. The molecule has 0 aromatic heterocycles. The summed E-state index contributed by atoms with van der Waals surface area (Å²) in [4.78, 5) is 12.6. The largest absolute Gasteiger partial charge is 0.493 e. The molecule has 0 unspecified atom stereocenters. The van der Waals surface area contributed by atoms with Crippen molar-refractivity contribution in [1.29, 1.82) is 0 Å². The molecule has 9 heteroatoms. The lowest BCUT2D eigenvalue weighted by molar-refractivity contribution is -0.119. The number of carbonyl (C=O) groups is 1. The standard InChI is InChI=1S/C21H28N2O6S/c1-4-29-14-8-13-22-21(24)16-23(30(25,26)18-9-6-5-7-10-18)17-11-12-19(27-2)20(15-17)28-3/h5-7,9-12,15H,4,8,13-14,16H2,1-3H3,(H,22,24). The van der Waals surface area contributed by atoms with Crippen LogP contribution in [0.3, 0.4) is 0 Å². The third kappa shape index (κ3) is 6.11. The van der Waals surface area contributed by atoms with E-state index in [9.17, 15) is 13.2 Å². The van der Waals surface area contributed by atoms with Crippen LogP contribution >= 0.6 is 0 Å². The highest BCUT2D eigenvalue weighted by molar-refractivity contribution is 7.92. The molecule has 0 heterocycles. The van der Waals surface area contributed by atoms with Crippen LogP contribution in [-0.2, 0) is 19.6 Å². The summed E-state index contributed by atoms with van der Waals surface area (Å²) in [5.74, 6) is 0.403. The second-order valence-electron chi connectivity index (χ2n) is 6.26. The number of rotatable bonds is 12. The zero-order valence-electron chi connectivity index (χ0n) is 17.5. The number of hydrogen-bond donors (Lipinski definition) is 1. The molecule has 0 radical (unpaired) electrons. The minimum Gasteiger partial charge on any atom is -0.493 e. The Hall–Kier alpha value is -2.78. The monoisotopic (exact) mass is 436 g/mol. The maximum absolute atomic E-state index is 13.3. The first-order chi connectivity index (χ1) is 14.4. The Morgan fingerprint density at radius 1 is 1.03 bits per heavy atom. The van der Waals surface area contributed by atoms with Crippen LogP contribution in [0.4, 0.5) is 5.69 Å². The van der Waals surface area contributed by atoms with Crippen molar-refractivity contribution in [2.75, 3.05) is 44.8 Å². The number of benzene rings is 2. The Morgan fingerprint density at radius 2 is 1.73 bits per heavy atom. The van der Waals surface area contributed by atoms with Gasteiger partial charge in [-0.25, -0.2) is 8.42 Å². The van der Waals surface area contributed by atoms with Crippen molar-refractivity contribution in [3.63, 3.8) is 0 Å². The van der Waals surface area contributed by atoms with Crippen LogP contribution in [0.25, 0.3) is 0 Å². The molecule has 0 atom stereocenters. The van der Waals surface area contributed by atoms with E-state index in [1.807, 2.05) is 6.92 Å². The van der Waals surface area contributed by atoms with Crippen molar-refractivity contribution in [2.24, 2.45) is 0 Å². The van der Waals surface area contributed by atoms with Gasteiger partial charge in [-0.15, -0.1) is 0 Å². The quantitative estimate of drug-likeness (QED) is 0.514. The minimum absolute atomic E-state index is 0.0870. The number of methoxy groups -OCH3 is 2. The molecule has 2 aromatic carbocycles. The second kappa shape index (κ2) is 11.4. The normalized spacial score (nSPS) is 11.0. The lowest BCUT2D eigenvalue weighted by Crippen LogP contribution is -2.41. The first-order valence-electron chi connectivity index (χ1n) is 9.58. The van der Waals surface area contributed by atoms with Gasteiger partial charge in [0.1, 0.15) is 6.54 Å². The van der Waals surface area contributed by atoms with Gasteiger partial charge >= 0.3 is 0 Å². The summed E-state index contributed by atoms with van der Waals surface area (Å²) in [6.07, 6.45) is 0.640. The molecule has 2 aromatic rings. The van der Waals surface area contributed by atoms with Gasteiger partial charge in [0.05, 0.1) is 24.8 Å². The molecule has 0 bridgehead atoms. The molecule has 0 aliphatic heterocycles. The Morgan fingerprint density at radius 3 is 2.37 bits per heavy atom. The van der Waals surface area contributed by atoms with Gasteiger partial charge in [0.2, 0.25) is 5.91 Å². The van der Waals surface area contributed by atoms with E-state index in [1.54, 1.807) is 30.3 Å². The van der Waals surface area contributed by atoms with E-state index in [0.29, 0.717) is 43.4 Å². The summed E-state index contributed by atoms with van der Waals surface area (Å²) in [5, 5.41) is 2.74. The van der Waals surface area contributed by atoms with Crippen LogP contribution in [0.5, 0.6) is 11.5 Å². The van der Waals surface area contributed by atoms with Crippen molar-refractivity contribution in [3.8, 4) is 11.5 Å². The second-order valence-corrected chi connectivity index (χ2v) is 8.13. The molecule has 1 amide bonds. The number of ether oxygens (including phenoxy) is 3. The summed E-state index contributed by atoms with van der Waals surface area (Å²) in [7, 11) is -1.03. The maximum Gasteiger partial charge on any atom is 0.264 e. The molecular formula is C21H28N2O6S. The molecule has 0 saturated carbocycles. The van der Waals surface area contributed by atoms with E-state index in [-0.39, 0.29) is 11.4 Å². The fourth-order valence-corrected chi connectivity index (χ4v) is 4.18. The lowest BCUT2D eigenvalue weighted by Gasteiger charge is -2.25. The first-order valence-corrected chi connectivity index (χ1v) is 11.0. The molecule has 0 aliphatic rings. The highest BCUT2D eigenvalue weighted by Gasteiger charge is 2.27. The van der Waals surface area contributed by atoms with Gasteiger partial charge in [-0.3, -0.25) is 9.10 Å². The number of nitrogens with zero attached hydrogens (tertiary/aromatic N) is 1. The van der Waals surface area contributed by atoms with E-state index in [2.05, 4.69) is 5.32 Å². The van der Waals surface area contributed by atoms with Gasteiger partial charge in [-0.05, 0) is 37.6 Å². The summed E-state index contributed by atoms with van der Waals surface area (Å²) < 4.78 is 43.4.